The van der Waals surface area contributed by atoms with Crippen LogP contribution >= 0.6 is 11.6 Å². The van der Waals surface area contributed by atoms with Crippen molar-refractivity contribution in [3.05, 3.63) is 35.4 Å². The van der Waals surface area contributed by atoms with Gasteiger partial charge < -0.3 is 0 Å². The molecule has 1 saturated heterocycles. The number of alkyl halides is 4. The fourth-order valence-corrected chi connectivity index (χ4v) is 2.54. The minimum atomic E-state index is -4.26. The largest absolute Gasteiger partial charge is 0.416 e. The molecule has 1 fully saturated rings. The predicted octanol–water partition coefficient (Wildman–Crippen LogP) is 3.77. The molecule has 0 aromatic heterocycles. The van der Waals surface area contributed by atoms with Gasteiger partial charge in [0, 0.05) is 19.0 Å². The second kappa shape index (κ2) is 5.49. The van der Waals surface area contributed by atoms with Crippen LogP contribution in [0, 0.1) is 5.92 Å². The molecule has 1 aromatic rings. The lowest BCUT2D eigenvalue weighted by molar-refractivity contribution is -0.137. The maximum absolute atomic E-state index is 12.6. The minimum Gasteiger partial charge on any atom is -0.299 e. The Balaban J connectivity index is 2.02. The van der Waals surface area contributed by atoms with Crippen LogP contribution in [0.5, 0.6) is 0 Å². The van der Waals surface area contributed by atoms with Gasteiger partial charge in [-0.2, -0.15) is 13.2 Å². The highest BCUT2D eigenvalue weighted by Crippen LogP contribution is 2.30. The molecule has 1 aliphatic heterocycles. The third-order valence-electron chi connectivity index (χ3n) is 3.25. The summed E-state index contributed by atoms with van der Waals surface area (Å²) in [4.78, 5) is 2.16. The second-order valence-corrected chi connectivity index (χ2v) is 5.05. The van der Waals surface area contributed by atoms with Crippen molar-refractivity contribution in [3.63, 3.8) is 0 Å². The van der Waals surface area contributed by atoms with Gasteiger partial charge >= 0.3 is 6.18 Å². The molecule has 0 spiro atoms. The maximum Gasteiger partial charge on any atom is 0.416 e. The first-order chi connectivity index (χ1) is 8.49. The fourth-order valence-electron chi connectivity index (χ4n) is 2.29. The average Bonchev–Trinajstić information content (AvgIpc) is 2.76. The first-order valence-electron chi connectivity index (χ1n) is 5.93. The summed E-state index contributed by atoms with van der Waals surface area (Å²) in [5.41, 5.74) is 0.133. The van der Waals surface area contributed by atoms with Gasteiger partial charge in [0.15, 0.2) is 0 Å². The second-order valence-electron chi connectivity index (χ2n) is 4.74. The third kappa shape index (κ3) is 3.39. The van der Waals surface area contributed by atoms with E-state index < -0.39 is 11.7 Å². The van der Waals surface area contributed by atoms with Crippen molar-refractivity contribution < 1.29 is 13.2 Å². The molecule has 0 aliphatic carbocycles. The van der Waals surface area contributed by atoms with E-state index in [1.54, 1.807) is 6.07 Å². The summed E-state index contributed by atoms with van der Waals surface area (Å²) in [6, 6.07) is 5.54. The molecule has 18 heavy (non-hydrogen) atoms. The summed E-state index contributed by atoms with van der Waals surface area (Å²) in [5, 5.41) is 0. The van der Waals surface area contributed by atoms with Crippen LogP contribution in [-0.2, 0) is 12.7 Å². The molecule has 1 nitrogen and oxygen atoms in total. The van der Waals surface area contributed by atoms with Gasteiger partial charge in [0.05, 0.1) is 5.56 Å². The lowest BCUT2D eigenvalue weighted by Crippen LogP contribution is -2.20. The van der Waals surface area contributed by atoms with Gasteiger partial charge in [-0.15, -0.1) is 11.6 Å². The van der Waals surface area contributed by atoms with Gasteiger partial charge in [-0.3, -0.25) is 4.90 Å². The van der Waals surface area contributed by atoms with Crippen molar-refractivity contribution in [2.24, 2.45) is 5.92 Å². The molecule has 2 rings (SSSR count). The summed E-state index contributed by atoms with van der Waals surface area (Å²) in [5.74, 6) is 1.09. The number of hydrogen-bond donors (Lipinski definition) is 0. The van der Waals surface area contributed by atoms with Crippen molar-refractivity contribution in [1.29, 1.82) is 0 Å². The number of rotatable bonds is 3. The number of hydrogen-bond acceptors (Lipinski definition) is 1. The molecule has 100 valence electrons. The van der Waals surface area contributed by atoms with Crippen LogP contribution in [0.3, 0.4) is 0 Å². The molecule has 1 heterocycles. The van der Waals surface area contributed by atoms with E-state index in [1.807, 2.05) is 0 Å². The molecule has 0 bridgehead atoms. The van der Waals surface area contributed by atoms with Crippen LogP contribution in [0.25, 0.3) is 0 Å². The Morgan fingerprint density at radius 1 is 1.33 bits per heavy atom. The van der Waals surface area contributed by atoms with Gasteiger partial charge in [-0.05, 0) is 30.5 Å². The molecule has 5 heteroatoms. The lowest BCUT2D eigenvalue weighted by atomic mass is 10.1. The standard InChI is InChI=1S/C13H15ClF3N/c14-7-11-4-5-18(9-11)8-10-2-1-3-12(6-10)13(15,16)17/h1-3,6,11H,4-5,7-9H2. The fraction of sp³-hybridized carbons (Fsp3) is 0.538. The van der Waals surface area contributed by atoms with Crippen LogP contribution in [-0.4, -0.2) is 23.9 Å². The summed E-state index contributed by atoms with van der Waals surface area (Å²) < 4.78 is 37.7. The number of benzene rings is 1. The van der Waals surface area contributed by atoms with Crippen molar-refractivity contribution >= 4 is 11.6 Å². The smallest absolute Gasteiger partial charge is 0.299 e. The van der Waals surface area contributed by atoms with Gasteiger partial charge in [0.2, 0.25) is 0 Å². The summed E-state index contributed by atoms with van der Waals surface area (Å²) in [6.45, 7) is 2.35. The van der Waals surface area contributed by atoms with Crippen LogP contribution < -0.4 is 0 Å². The summed E-state index contributed by atoms with van der Waals surface area (Å²) in [7, 11) is 0. The molecule has 1 aliphatic rings. The normalized spacial score (nSPS) is 21.4. The zero-order valence-corrected chi connectivity index (χ0v) is 10.6. The minimum absolute atomic E-state index is 0.470. The van der Waals surface area contributed by atoms with Crippen molar-refractivity contribution in [3.8, 4) is 0 Å². The molecule has 0 radical (unpaired) electrons. The highest BCUT2D eigenvalue weighted by molar-refractivity contribution is 6.18. The van der Waals surface area contributed by atoms with Crippen molar-refractivity contribution in [1.82, 2.24) is 4.90 Å². The average molecular weight is 278 g/mol. The Kier molecular flexibility index (Phi) is 4.17. The van der Waals surface area contributed by atoms with Crippen LogP contribution in [0.15, 0.2) is 24.3 Å². The Bertz CT molecular complexity index is 405. The molecule has 0 N–H and O–H groups in total. The van der Waals surface area contributed by atoms with E-state index in [9.17, 15) is 13.2 Å². The Hall–Kier alpha value is -0.740. The number of halogens is 4. The van der Waals surface area contributed by atoms with E-state index in [2.05, 4.69) is 4.90 Å². The highest BCUT2D eigenvalue weighted by atomic mass is 35.5. The van der Waals surface area contributed by atoms with Crippen molar-refractivity contribution in [2.75, 3.05) is 19.0 Å². The van der Waals surface area contributed by atoms with E-state index in [1.165, 1.54) is 12.1 Å². The number of likely N-dealkylation sites (tertiary alicyclic amines) is 1. The van der Waals surface area contributed by atoms with E-state index >= 15 is 0 Å². The van der Waals surface area contributed by atoms with Gasteiger partial charge in [0.25, 0.3) is 0 Å². The topological polar surface area (TPSA) is 3.24 Å². The van der Waals surface area contributed by atoms with Crippen molar-refractivity contribution in [2.45, 2.75) is 19.1 Å². The molecular weight excluding hydrogens is 263 g/mol. The first-order valence-corrected chi connectivity index (χ1v) is 6.47. The van der Waals surface area contributed by atoms with E-state index in [0.29, 0.717) is 23.9 Å². The zero-order chi connectivity index (χ0) is 13.2. The zero-order valence-electron chi connectivity index (χ0n) is 9.88. The van der Waals surface area contributed by atoms with Gasteiger partial charge in [0.1, 0.15) is 0 Å². The lowest BCUT2D eigenvalue weighted by Gasteiger charge is -2.16. The first kappa shape index (κ1) is 13.7. The van der Waals surface area contributed by atoms with E-state index in [4.69, 9.17) is 11.6 Å². The van der Waals surface area contributed by atoms with Gasteiger partial charge in [-0.25, -0.2) is 0 Å². The molecule has 1 aromatic carbocycles. The van der Waals surface area contributed by atoms with E-state index in [0.717, 1.165) is 25.6 Å². The quantitative estimate of drug-likeness (QED) is 0.760. The SMILES string of the molecule is FC(F)(F)c1cccc(CN2CCC(CCl)C2)c1. The summed E-state index contributed by atoms with van der Waals surface area (Å²) in [6.07, 6.45) is -3.23. The Morgan fingerprint density at radius 3 is 2.72 bits per heavy atom. The summed E-state index contributed by atoms with van der Waals surface area (Å²) >= 11 is 5.79. The predicted molar refractivity (Wildman–Crippen MR) is 65.5 cm³/mol. The molecular formula is C13H15ClF3N. The van der Waals surface area contributed by atoms with Crippen LogP contribution in [0.1, 0.15) is 17.5 Å². The Morgan fingerprint density at radius 2 is 2.11 bits per heavy atom. The molecule has 1 atom stereocenters. The Labute approximate surface area is 110 Å². The molecule has 1 unspecified atom stereocenters. The molecule has 0 saturated carbocycles. The number of nitrogens with zero attached hydrogens (tertiary/aromatic N) is 1. The molecule has 0 amide bonds. The van der Waals surface area contributed by atoms with Crippen LogP contribution in [0.2, 0.25) is 0 Å². The maximum atomic E-state index is 12.6. The monoisotopic (exact) mass is 277 g/mol. The van der Waals surface area contributed by atoms with E-state index in [-0.39, 0.29) is 0 Å². The highest BCUT2D eigenvalue weighted by Gasteiger charge is 2.30. The van der Waals surface area contributed by atoms with Gasteiger partial charge in [-0.1, -0.05) is 18.2 Å². The van der Waals surface area contributed by atoms with Crippen LogP contribution in [0.4, 0.5) is 13.2 Å². The third-order valence-corrected chi connectivity index (χ3v) is 3.69.